The predicted octanol–water partition coefficient (Wildman–Crippen LogP) is 2.87. The van der Waals surface area contributed by atoms with E-state index >= 15 is 0 Å². The molecule has 2 aliphatic rings. The molecule has 1 unspecified atom stereocenters. The van der Waals surface area contributed by atoms with E-state index in [4.69, 9.17) is 14.2 Å². The van der Waals surface area contributed by atoms with Gasteiger partial charge in [-0.1, -0.05) is 0 Å². The molecule has 1 aliphatic heterocycles. The minimum atomic E-state index is -0.459. The molecule has 1 saturated heterocycles. The molecular formula is C15H25NO3. The lowest BCUT2D eigenvalue weighted by Gasteiger charge is -2.31. The highest BCUT2D eigenvalue weighted by molar-refractivity contribution is 4.91. The Hall–Kier alpha value is -0.630. The summed E-state index contributed by atoms with van der Waals surface area (Å²) >= 11 is 0. The second-order valence-corrected chi connectivity index (χ2v) is 5.88. The molecule has 0 N–H and O–H groups in total. The fraction of sp³-hybridized carbons (Fsp3) is 0.933. The van der Waals surface area contributed by atoms with Gasteiger partial charge in [-0.15, -0.1) is 0 Å². The molecule has 1 atom stereocenters. The van der Waals surface area contributed by atoms with Gasteiger partial charge in [-0.25, -0.2) is 0 Å². The van der Waals surface area contributed by atoms with Gasteiger partial charge in [-0.3, -0.25) is 0 Å². The second-order valence-electron chi connectivity index (χ2n) is 5.88. The van der Waals surface area contributed by atoms with E-state index in [1.807, 2.05) is 6.92 Å². The van der Waals surface area contributed by atoms with E-state index < -0.39 is 5.79 Å². The summed E-state index contributed by atoms with van der Waals surface area (Å²) in [7, 11) is 1.78. The lowest BCUT2D eigenvalue weighted by Crippen LogP contribution is -2.29. The minimum absolute atomic E-state index is 0.127. The molecule has 4 heteroatoms. The molecule has 1 saturated carbocycles. The van der Waals surface area contributed by atoms with Crippen molar-refractivity contribution >= 4 is 0 Å². The van der Waals surface area contributed by atoms with Gasteiger partial charge < -0.3 is 14.2 Å². The zero-order valence-electron chi connectivity index (χ0n) is 12.1. The van der Waals surface area contributed by atoms with Crippen molar-refractivity contribution in [1.82, 2.24) is 0 Å². The predicted molar refractivity (Wildman–Crippen MR) is 71.4 cm³/mol. The molecular weight excluding hydrogens is 242 g/mol. The van der Waals surface area contributed by atoms with E-state index in [-0.39, 0.29) is 5.92 Å². The molecule has 0 amide bonds. The van der Waals surface area contributed by atoms with Gasteiger partial charge in [0.1, 0.15) is 0 Å². The highest BCUT2D eigenvalue weighted by Gasteiger charge is 2.34. The maximum absolute atomic E-state index is 9.40. The van der Waals surface area contributed by atoms with Crippen molar-refractivity contribution in [3.05, 3.63) is 0 Å². The van der Waals surface area contributed by atoms with Gasteiger partial charge in [0.2, 0.25) is 0 Å². The molecule has 0 bridgehead atoms. The summed E-state index contributed by atoms with van der Waals surface area (Å²) in [6, 6.07) is 2.49. The monoisotopic (exact) mass is 267 g/mol. The molecule has 0 spiro atoms. The fourth-order valence-electron chi connectivity index (χ4n) is 3.25. The summed E-state index contributed by atoms with van der Waals surface area (Å²) in [4.78, 5) is 0. The number of rotatable bonds is 5. The maximum Gasteiger partial charge on any atom is 0.165 e. The quantitative estimate of drug-likeness (QED) is 0.768. The maximum atomic E-state index is 9.40. The van der Waals surface area contributed by atoms with Gasteiger partial charge in [0.25, 0.3) is 0 Å². The number of hydrogen-bond donors (Lipinski definition) is 0. The molecule has 2 fully saturated rings. The van der Waals surface area contributed by atoms with E-state index in [1.54, 1.807) is 7.11 Å². The lowest BCUT2D eigenvalue weighted by atomic mass is 9.77. The lowest BCUT2D eigenvalue weighted by molar-refractivity contribution is -0.149. The first-order valence-electron chi connectivity index (χ1n) is 7.37. The first kappa shape index (κ1) is 14.8. The van der Waals surface area contributed by atoms with E-state index in [2.05, 4.69) is 6.07 Å². The van der Waals surface area contributed by atoms with E-state index in [9.17, 15) is 5.26 Å². The first-order chi connectivity index (χ1) is 9.17. The van der Waals surface area contributed by atoms with Crippen LogP contribution >= 0.6 is 0 Å². The summed E-state index contributed by atoms with van der Waals surface area (Å²) in [6.07, 6.45) is 6.47. The van der Waals surface area contributed by atoms with Crippen LogP contribution in [0.5, 0.6) is 0 Å². The van der Waals surface area contributed by atoms with Crippen molar-refractivity contribution in [3.8, 4) is 6.07 Å². The minimum Gasteiger partial charge on any atom is -0.381 e. The number of hydrogen-bond acceptors (Lipinski definition) is 4. The Balaban J connectivity index is 1.79. The average molecular weight is 267 g/mol. The third kappa shape index (κ3) is 3.92. The molecule has 0 radical (unpaired) electrons. The first-order valence-corrected chi connectivity index (χ1v) is 7.37. The van der Waals surface area contributed by atoms with Crippen LogP contribution in [0.3, 0.4) is 0 Å². The normalized spacial score (nSPS) is 31.8. The van der Waals surface area contributed by atoms with Crippen molar-refractivity contribution in [3.63, 3.8) is 0 Å². The Labute approximate surface area is 116 Å². The zero-order valence-corrected chi connectivity index (χ0v) is 12.1. The standard InChI is InChI=1S/C15H25NO3/c1-15(18-9-10-19-15)8-7-13(11-16)12-3-5-14(17-2)6-4-12/h12-14H,3-10H2,1-2H3. The van der Waals surface area contributed by atoms with Gasteiger partial charge in [0.05, 0.1) is 25.4 Å². The van der Waals surface area contributed by atoms with Crippen molar-refractivity contribution in [2.75, 3.05) is 20.3 Å². The molecule has 2 rings (SSSR count). The largest absolute Gasteiger partial charge is 0.381 e. The Morgan fingerprint density at radius 2 is 1.89 bits per heavy atom. The summed E-state index contributed by atoms with van der Waals surface area (Å²) in [6.45, 7) is 3.33. The van der Waals surface area contributed by atoms with Crippen molar-refractivity contribution in [2.45, 2.75) is 57.3 Å². The van der Waals surface area contributed by atoms with Crippen LogP contribution in [0, 0.1) is 23.2 Å². The summed E-state index contributed by atoms with van der Waals surface area (Å²) in [5, 5.41) is 9.40. The Morgan fingerprint density at radius 3 is 2.42 bits per heavy atom. The zero-order chi connectivity index (χ0) is 13.7. The Bertz CT molecular complexity index is 312. The van der Waals surface area contributed by atoms with Crippen LogP contribution in [0.1, 0.15) is 45.4 Å². The molecule has 19 heavy (non-hydrogen) atoms. The van der Waals surface area contributed by atoms with Crippen LogP contribution in [-0.4, -0.2) is 32.2 Å². The molecule has 4 nitrogen and oxygen atoms in total. The van der Waals surface area contributed by atoms with Gasteiger partial charge in [0.15, 0.2) is 5.79 Å². The summed E-state index contributed by atoms with van der Waals surface area (Å²) < 4.78 is 16.6. The molecule has 1 heterocycles. The van der Waals surface area contributed by atoms with Crippen LogP contribution in [0.2, 0.25) is 0 Å². The number of ether oxygens (including phenoxy) is 3. The van der Waals surface area contributed by atoms with Crippen molar-refractivity contribution < 1.29 is 14.2 Å². The Morgan fingerprint density at radius 1 is 1.26 bits per heavy atom. The fourth-order valence-corrected chi connectivity index (χ4v) is 3.25. The smallest absolute Gasteiger partial charge is 0.165 e. The topological polar surface area (TPSA) is 51.5 Å². The summed E-state index contributed by atoms with van der Waals surface area (Å²) in [5.41, 5.74) is 0. The van der Waals surface area contributed by atoms with Crippen LogP contribution in [0.15, 0.2) is 0 Å². The van der Waals surface area contributed by atoms with Crippen molar-refractivity contribution in [2.24, 2.45) is 11.8 Å². The molecule has 0 aromatic carbocycles. The van der Waals surface area contributed by atoms with Crippen LogP contribution in [0.4, 0.5) is 0 Å². The van der Waals surface area contributed by atoms with Gasteiger partial charge in [-0.05, 0) is 44.9 Å². The van der Waals surface area contributed by atoms with Gasteiger partial charge >= 0.3 is 0 Å². The van der Waals surface area contributed by atoms with Crippen LogP contribution in [0.25, 0.3) is 0 Å². The Kier molecular flexibility index (Phi) is 5.20. The summed E-state index contributed by atoms with van der Waals surface area (Å²) in [5.74, 6) is 0.183. The average Bonchev–Trinajstić information content (AvgIpc) is 2.87. The molecule has 0 aromatic rings. The van der Waals surface area contributed by atoms with Crippen molar-refractivity contribution in [1.29, 1.82) is 5.26 Å². The molecule has 0 aromatic heterocycles. The van der Waals surface area contributed by atoms with Gasteiger partial charge in [0, 0.05) is 19.4 Å². The third-order valence-electron chi connectivity index (χ3n) is 4.59. The number of nitriles is 1. The van der Waals surface area contributed by atoms with Gasteiger partial charge in [-0.2, -0.15) is 5.26 Å². The van der Waals surface area contributed by atoms with Crippen LogP contribution < -0.4 is 0 Å². The van der Waals surface area contributed by atoms with Crippen LogP contribution in [-0.2, 0) is 14.2 Å². The number of methoxy groups -OCH3 is 1. The third-order valence-corrected chi connectivity index (χ3v) is 4.59. The second kappa shape index (κ2) is 6.69. The van der Waals surface area contributed by atoms with E-state index in [0.717, 1.165) is 38.5 Å². The SMILES string of the molecule is COC1CCC(C(C#N)CCC2(C)OCCO2)CC1. The number of nitrogens with zero attached hydrogens (tertiary/aromatic N) is 1. The van der Waals surface area contributed by atoms with E-state index in [1.165, 1.54) is 0 Å². The molecule has 1 aliphatic carbocycles. The van der Waals surface area contributed by atoms with E-state index in [0.29, 0.717) is 25.2 Å². The molecule has 108 valence electrons. The highest BCUT2D eigenvalue weighted by Crippen LogP contribution is 2.35. The highest BCUT2D eigenvalue weighted by atomic mass is 16.7.